The predicted octanol–water partition coefficient (Wildman–Crippen LogP) is -0.271. The highest BCUT2D eigenvalue weighted by molar-refractivity contribution is 5.83. The van der Waals surface area contributed by atoms with Gasteiger partial charge in [0.1, 0.15) is 6.04 Å². The Balaban J connectivity index is 2.49. The van der Waals surface area contributed by atoms with Gasteiger partial charge in [0.05, 0.1) is 12.5 Å². The third-order valence-corrected chi connectivity index (χ3v) is 3.39. The summed E-state index contributed by atoms with van der Waals surface area (Å²) in [4.78, 5) is 34.1. The van der Waals surface area contributed by atoms with E-state index >= 15 is 0 Å². The molecule has 0 aromatic carbocycles. The number of hydrogen-bond acceptors (Lipinski definition) is 5. The minimum Gasteiger partial charge on any atom is -0.481 e. The molecule has 1 unspecified atom stereocenters. The Labute approximate surface area is 116 Å². The second kappa shape index (κ2) is 7.09. The van der Waals surface area contributed by atoms with Gasteiger partial charge < -0.3 is 25.2 Å². The monoisotopic (exact) mass is 288 g/mol. The number of methoxy groups -OCH3 is 1. The number of nitrogens with one attached hydrogen (secondary N) is 2. The summed E-state index contributed by atoms with van der Waals surface area (Å²) in [6.07, 6.45) is 0.685. The van der Waals surface area contributed by atoms with E-state index in [1.54, 1.807) is 0 Å². The number of urea groups is 1. The summed E-state index contributed by atoms with van der Waals surface area (Å²) >= 11 is 0. The number of carboxylic acids is 1. The maximum atomic E-state index is 11.6. The van der Waals surface area contributed by atoms with Crippen LogP contribution in [0, 0.1) is 5.41 Å². The Morgan fingerprint density at radius 3 is 2.45 bits per heavy atom. The molecule has 1 heterocycles. The quantitative estimate of drug-likeness (QED) is 0.600. The molecule has 0 spiro atoms. The van der Waals surface area contributed by atoms with Crippen molar-refractivity contribution in [1.29, 1.82) is 0 Å². The van der Waals surface area contributed by atoms with Gasteiger partial charge in [0.2, 0.25) is 0 Å². The van der Waals surface area contributed by atoms with E-state index in [1.807, 2.05) is 0 Å². The SMILES string of the molecule is COC(=O)C(C)NC(=O)NCC1(C(=O)O)CCOCC1. The molecule has 1 rings (SSSR count). The number of hydrogen-bond donors (Lipinski definition) is 3. The first-order chi connectivity index (χ1) is 9.41. The fourth-order valence-electron chi connectivity index (χ4n) is 1.96. The Hall–Kier alpha value is -1.83. The summed E-state index contributed by atoms with van der Waals surface area (Å²) in [7, 11) is 1.22. The van der Waals surface area contributed by atoms with Crippen LogP contribution >= 0.6 is 0 Å². The average Bonchev–Trinajstić information content (AvgIpc) is 2.45. The molecule has 2 amide bonds. The molecule has 8 heteroatoms. The van der Waals surface area contributed by atoms with E-state index in [-0.39, 0.29) is 6.54 Å². The molecule has 1 aliphatic rings. The molecule has 0 radical (unpaired) electrons. The van der Waals surface area contributed by atoms with Crippen molar-refractivity contribution in [3.8, 4) is 0 Å². The standard InChI is InChI=1S/C12H20N2O6/c1-8(9(15)19-2)14-11(18)13-7-12(10(16)17)3-5-20-6-4-12/h8H,3-7H2,1-2H3,(H,16,17)(H2,13,14,18). The topological polar surface area (TPSA) is 114 Å². The lowest BCUT2D eigenvalue weighted by Gasteiger charge is -2.33. The Morgan fingerprint density at radius 1 is 1.35 bits per heavy atom. The molecule has 1 atom stereocenters. The second-order valence-corrected chi connectivity index (χ2v) is 4.77. The summed E-state index contributed by atoms with van der Waals surface area (Å²) in [6.45, 7) is 2.18. The van der Waals surface area contributed by atoms with Crippen molar-refractivity contribution in [2.75, 3.05) is 26.9 Å². The van der Waals surface area contributed by atoms with Crippen LogP contribution in [0.5, 0.6) is 0 Å². The molecule has 1 aliphatic heterocycles. The molecule has 114 valence electrons. The number of carboxylic acid groups (broad SMARTS) is 1. The highest BCUT2D eigenvalue weighted by Gasteiger charge is 2.40. The van der Waals surface area contributed by atoms with E-state index in [4.69, 9.17) is 4.74 Å². The lowest BCUT2D eigenvalue weighted by molar-refractivity contribution is -0.154. The lowest BCUT2D eigenvalue weighted by Crippen LogP contribution is -2.51. The Bertz CT molecular complexity index is 378. The predicted molar refractivity (Wildman–Crippen MR) is 68.1 cm³/mol. The zero-order chi connectivity index (χ0) is 15.2. The zero-order valence-electron chi connectivity index (χ0n) is 11.6. The van der Waals surface area contributed by atoms with Crippen molar-refractivity contribution in [3.05, 3.63) is 0 Å². The van der Waals surface area contributed by atoms with Crippen molar-refractivity contribution in [2.24, 2.45) is 5.41 Å². The molecule has 1 saturated heterocycles. The summed E-state index contributed by atoms with van der Waals surface area (Å²) in [5, 5.41) is 14.2. The van der Waals surface area contributed by atoms with Crippen LogP contribution < -0.4 is 10.6 Å². The van der Waals surface area contributed by atoms with Crippen LogP contribution in [0.4, 0.5) is 4.79 Å². The van der Waals surface area contributed by atoms with Crippen LogP contribution in [0.25, 0.3) is 0 Å². The number of rotatable bonds is 5. The first-order valence-electron chi connectivity index (χ1n) is 6.34. The molecule has 1 fully saturated rings. The molecule has 3 N–H and O–H groups in total. The molecule has 8 nitrogen and oxygen atoms in total. The summed E-state index contributed by atoms with van der Waals surface area (Å²) in [5.41, 5.74) is -1.01. The maximum Gasteiger partial charge on any atom is 0.328 e. The molecule has 0 bridgehead atoms. The van der Waals surface area contributed by atoms with E-state index < -0.39 is 29.4 Å². The summed E-state index contributed by atoms with van der Waals surface area (Å²) in [6, 6.07) is -1.40. The third kappa shape index (κ3) is 4.09. The van der Waals surface area contributed by atoms with Gasteiger partial charge in [0, 0.05) is 19.8 Å². The fraction of sp³-hybridized carbons (Fsp3) is 0.750. The van der Waals surface area contributed by atoms with Crippen molar-refractivity contribution >= 4 is 18.0 Å². The number of aliphatic carboxylic acids is 1. The van der Waals surface area contributed by atoms with Crippen LogP contribution in [0.2, 0.25) is 0 Å². The van der Waals surface area contributed by atoms with Gasteiger partial charge in [-0.15, -0.1) is 0 Å². The number of carbonyl (C=O) groups excluding carboxylic acids is 2. The van der Waals surface area contributed by atoms with Gasteiger partial charge in [0.25, 0.3) is 0 Å². The van der Waals surface area contributed by atoms with E-state index in [1.165, 1.54) is 14.0 Å². The van der Waals surface area contributed by atoms with Crippen molar-refractivity contribution in [3.63, 3.8) is 0 Å². The molecule has 20 heavy (non-hydrogen) atoms. The highest BCUT2D eigenvalue weighted by Crippen LogP contribution is 2.29. The van der Waals surface area contributed by atoms with Gasteiger partial charge >= 0.3 is 18.0 Å². The van der Waals surface area contributed by atoms with Gasteiger partial charge in [0.15, 0.2) is 0 Å². The normalized spacial score (nSPS) is 18.7. The van der Waals surface area contributed by atoms with Gasteiger partial charge in [-0.1, -0.05) is 0 Å². The van der Waals surface area contributed by atoms with Crippen LogP contribution in [0.3, 0.4) is 0 Å². The summed E-state index contributed by atoms with van der Waals surface area (Å²) < 4.78 is 9.61. The molecule has 0 aliphatic carbocycles. The first-order valence-corrected chi connectivity index (χ1v) is 6.34. The molecule has 0 saturated carbocycles. The van der Waals surface area contributed by atoms with E-state index in [0.29, 0.717) is 26.1 Å². The van der Waals surface area contributed by atoms with Gasteiger partial charge in [-0.05, 0) is 19.8 Å². The second-order valence-electron chi connectivity index (χ2n) is 4.77. The van der Waals surface area contributed by atoms with Gasteiger partial charge in [-0.25, -0.2) is 9.59 Å². The average molecular weight is 288 g/mol. The van der Waals surface area contributed by atoms with E-state index in [0.717, 1.165) is 0 Å². The number of carbonyl (C=O) groups is 3. The molecule has 0 aromatic heterocycles. The Morgan fingerprint density at radius 2 is 1.95 bits per heavy atom. The van der Waals surface area contributed by atoms with E-state index in [9.17, 15) is 19.5 Å². The largest absolute Gasteiger partial charge is 0.481 e. The third-order valence-electron chi connectivity index (χ3n) is 3.39. The van der Waals surface area contributed by atoms with Crippen molar-refractivity contribution in [2.45, 2.75) is 25.8 Å². The van der Waals surface area contributed by atoms with Gasteiger partial charge in [-0.3, -0.25) is 4.79 Å². The highest BCUT2D eigenvalue weighted by atomic mass is 16.5. The smallest absolute Gasteiger partial charge is 0.328 e. The minimum atomic E-state index is -1.01. The fourth-order valence-corrected chi connectivity index (χ4v) is 1.96. The number of ether oxygens (including phenoxy) is 2. The molecule has 0 aromatic rings. The molecular weight excluding hydrogens is 268 g/mol. The van der Waals surface area contributed by atoms with Crippen LogP contribution in [-0.2, 0) is 19.1 Å². The Kier molecular flexibility index (Phi) is 5.75. The maximum absolute atomic E-state index is 11.6. The molecular formula is C12H20N2O6. The zero-order valence-corrected chi connectivity index (χ0v) is 11.6. The number of amides is 2. The minimum absolute atomic E-state index is 0.00851. The van der Waals surface area contributed by atoms with Crippen LogP contribution in [0.15, 0.2) is 0 Å². The summed E-state index contributed by atoms with van der Waals surface area (Å²) in [5.74, 6) is -1.53. The van der Waals surface area contributed by atoms with Crippen LogP contribution in [0.1, 0.15) is 19.8 Å². The van der Waals surface area contributed by atoms with Gasteiger partial charge in [-0.2, -0.15) is 0 Å². The van der Waals surface area contributed by atoms with Crippen LogP contribution in [-0.4, -0.2) is 56.0 Å². The van der Waals surface area contributed by atoms with E-state index in [2.05, 4.69) is 15.4 Å². The lowest BCUT2D eigenvalue weighted by atomic mass is 9.80. The first kappa shape index (κ1) is 16.2. The van der Waals surface area contributed by atoms with Crippen molar-refractivity contribution in [1.82, 2.24) is 10.6 Å². The number of esters is 1. The van der Waals surface area contributed by atoms with Crippen molar-refractivity contribution < 1.29 is 29.0 Å².